The van der Waals surface area contributed by atoms with Gasteiger partial charge in [-0.15, -0.1) is 12.4 Å². The number of nitrogens with zero attached hydrogens (tertiary/aromatic N) is 2. The summed E-state index contributed by atoms with van der Waals surface area (Å²) in [6.07, 6.45) is 4.96. The predicted molar refractivity (Wildman–Crippen MR) is 113 cm³/mol. The number of benzene rings is 1. The van der Waals surface area contributed by atoms with Crippen molar-refractivity contribution in [2.45, 2.75) is 38.2 Å². The smallest absolute Gasteiger partial charge is 0.261 e. The molecule has 4 heterocycles. The highest BCUT2D eigenvalue weighted by molar-refractivity contribution is 6.22. The minimum absolute atomic E-state index is 0. The highest BCUT2D eigenvalue weighted by Crippen LogP contribution is 2.37. The lowest BCUT2D eigenvalue weighted by atomic mass is 9.78. The molecule has 1 N–H and O–H groups in total. The number of carbonyl (C=O) groups excluding carboxylic acids is 3. The number of carbonyl (C=O) groups is 3. The van der Waals surface area contributed by atoms with E-state index in [2.05, 4.69) is 5.32 Å². The van der Waals surface area contributed by atoms with Gasteiger partial charge in [-0.2, -0.15) is 0 Å². The van der Waals surface area contributed by atoms with Gasteiger partial charge < -0.3 is 15.0 Å². The van der Waals surface area contributed by atoms with Crippen LogP contribution in [0.15, 0.2) is 18.2 Å². The van der Waals surface area contributed by atoms with Crippen molar-refractivity contribution < 1.29 is 19.1 Å². The van der Waals surface area contributed by atoms with Gasteiger partial charge >= 0.3 is 0 Å². The molecule has 0 aliphatic carbocycles. The summed E-state index contributed by atoms with van der Waals surface area (Å²) in [7, 11) is 0. The number of fused-ring (bicyclic) bond motifs is 1. The summed E-state index contributed by atoms with van der Waals surface area (Å²) in [4.78, 5) is 41.7. The molecule has 7 nitrogen and oxygen atoms in total. The molecule has 1 unspecified atom stereocenters. The molecular weight excluding hydrogens is 406 g/mol. The van der Waals surface area contributed by atoms with Gasteiger partial charge in [-0.05, 0) is 62.3 Å². The third kappa shape index (κ3) is 3.63. The fourth-order valence-corrected chi connectivity index (χ4v) is 5.17. The van der Waals surface area contributed by atoms with Crippen molar-refractivity contribution in [1.29, 1.82) is 0 Å². The lowest BCUT2D eigenvalue weighted by Gasteiger charge is -2.38. The van der Waals surface area contributed by atoms with E-state index in [0.717, 1.165) is 51.9 Å². The van der Waals surface area contributed by atoms with Gasteiger partial charge in [0, 0.05) is 31.8 Å². The summed E-state index contributed by atoms with van der Waals surface area (Å²) in [5, 5.41) is 3.44. The lowest BCUT2D eigenvalue weighted by molar-refractivity contribution is 0.0475. The standard InChI is InChI=1S/C22H27N3O4.ClH/c26-19(24-9-6-22(7-10-24)5-8-23-14-22)15-3-4-17-18(12-15)21(28)25(20(17)27)13-16-2-1-11-29-16;/h3-4,12,16,23H,1-2,5-11,13-14H2;1H. The van der Waals surface area contributed by atoms with E-state index in [0.29, 0.717) is 28.7 Å². The first kappa shape index (κ1) is 21.3. The second kappa shape index (κ2) is 8.29. The molecule has 8 heteroatoms. The molecule has 3 fully saturated rings. The number of likely N-dealkylation sites (tertiary alicyclic amines) is 1. The van der Waals surface area contributed by atoms with Gasteiger partial charge in [-0.3, -0.25) is 19.3 Å². The van der Waals surface area contributed by atoms with Crippen LogP contribution in [0.1, 0.15) is 63.2 Å². The van der Waals surface area contributed by atoms with Crippen LogP contribution < -0.4 is 5.32 Å². The van der Waals surface area contributed by atoms with E-state index in [1.807, 2.05) is 4.90 Å². The molecule has 162 valence electrons. The Balaban J connectivity index is 0.00000218. The first-order valence-electron chi connectivity index (χ1n) is 10.7. The van der Waals surface area contributed by atoms with E-state index >= 15 is 0 Å². The monoisotopic (exact) mass is 433 g/mol. The Kier molecular flexibility index (Phi) is 5.88. The summed E-state index contributed by atoms with van der Waals surface area (Å²) in [6, 6.07) is 4.92. The molecule has 4 aliphatic rings. The number of nitrogens with one attached hydrogen (secondary N) is 1. The zero-order valence-corrected chi connectivity index (χ0v) is 17.8. The SMILES string of the molecule is Cl.O=C(c1ccc2c(c1)C(=O)N(CC1CCCO1)C2=O)N1CCC2(CCNC2)CC1. The summed E-state index contributed by atoms with van der Waals surface area (Å²) in [6.45, 7) is 4.57. The summed E-state index contributed by atoms with van der Waals surface area (Å²) < 4.78 is 5.58. The summed E-state index contributed by atoms with van der Waals surface area (Å²) >= 11 is 0. The Morgan fingerprint density at radius 2 is 1.90 bits per heavy atom. The van der Waals surface area contributed by atoms with Crippen LogP contribution in [0.5, 0.6) is 0 Å². The molecular formula is C22H28ClN3O4. The van der Waals surface area contributed by atoms with Gasteiger partial charge in [0.05, 0.1) is 23.8 Å². The number of hydrogen-bond acceptors (Lipinski definition) is 5. The van der Waals surface area contributed by atoms with Crippen molar-refractivity contribution in [2.24, 2.45) is 5.41 Å². The Labute approximate surface area is 182 Å². The maximum Gasteiger partial charge on any atom is 0.261 e. The average molecular weight is 434 g/mol. The van der Waals surface area contributed by atoms with Crippen molar-refractivity contribution in [1.82, 2.24) is 15.1 Å². The number of piperidine rings is 1. The Bertz CT molecular complexity index is 852. The quantitative estimate of drug-likeness (QED) is 0.738. The fraction of sp³-hybridized carbons (Fsp3) is 0.591. The fourth-order valence-electron chi connectivity index (χ4n) is 5.17. The van der Waals surface area contributed by atoms with Gasteiger partial charge in [0.25, 0.3) is 17.7 Å². The molecule has 3 amide bonds. The van der Waals surface area contributed by atoms with E-state index in [9.17, 15) is 14.4 Å². The van der Waals surface area contributed by atoms with Gasteiger partial charge in [0.15, 0.2) is 0 Å². The van der Waals surface area contributed by atoms with E-state index in [-0.39, 0.29) is 42.8 Å². The second-order valence-corrected chi connectivity index (χ2v) is 8.84. The minimum atomic E-state index is -0.315. The lowest BCUT2D eigenvalue weighted by Crippen LogP contribution is -2.44. The Morgan fingerprint density at radius 1 is 1.13 bits per heavy atom. The van der Waals surface area contributed by atoms with Gasteiger partial charge in [0.2, 0.25) is 0 Å². The van der Waals surface area contributed by atoms with Crippen molar-refractivity contribution in [3.63, 3.8) is 0 Å². The average Bonchev–Trinajstić information content (AvgIpc) is 3.47. The van der Waals surface area contributed by atoms with Crippen molar-refractivity contribution >= 4 is 30.1 Å². The first-order valence-corrected chi connectivity index (χ1v) is 10.7. The third-order valence-electron chi connectivity index (χ3n) is 7.07. The predicted octanol–water partition coefficient (Wildman–Crippen LogP) is 2.10. The van der Waals surface area contributed by atoms with Crippen LogP contribution in [0.3, 0.4) is 0 Å². The molecule has 30 heavy (non-hydrogen) atoms. The molecule has 5 rings (SSSR count). The van der Waals surface area contributed by atoms with E-state index in [1.165, 1.54) is 11.3 Å². The number of ether oxygens (including phenoxy) is 1. The van der Waals surface area contributed by atoms with Crippen LogP contribution in [-0.4, -0.2) is 73.0 Å². The third-order valence-corrected chi connectivity index (χ3v) is 7.07. The van der Waals surface area contributed by atoms with Crippen molar-refractivity contribution in [3.8, 4) is 0 Å². The van der Waals surface area contributed by atoms with Crippen LogP contribution in [0.25, 0.3) is 0 Å². The summed E-state index contributed by atoms with van der Waals surface area (Å²) in [5.74, 6) is -0.649. The van der Waals surface area contributed by atoms with Crippen LogP contribution in [0.2, 0.25) is 0 Å². The summed E-state index contributed by atoms with van der Waals surface area (Å²) in [5.41, 5.74) is 1.57. The van der Waals surface area contributed by atoms with Crippen molar-refractivity contribution in [2.75, 3.05) is 39.3 Å². The van der Waals surface area contributed by atoms with Crippen LogP contribution in [0, 0.1) is 5.41 Å². The molecule has 0 bridgehead atoms. The van der Waals surface area contributed by atoms with Crippen LogP contribution in [0.4, 0.5) is 0 Å². The Hall–Kier alpha value is -1.96. The van der Waals surface area contributed by atoms with E-state index in [1.54, 1.807) is 18.2 Å². The van der Waals surface area contributed by atoms with Crippen LogP contribution >= 0.6 is 12.4 Å². The molecule has 1 aromatic carbocycles. The first-order chi connectivity index (χ1) is 14.1. The van der Waals surface area contributed by atoms with E-state index < -0.39 is 0 Å². The normalized spacial score (nSPS) is 25.0. The zero-order chi connectivity index (χ0) is 20.0. The maximum atomic E-state index is 13.0. The van der Waals surface area contributed by atoms with E-state index in [4.69, 9.17) is 4.74 Å². The van der Waals surface area contributed by atoms with Gasteiger partial charge in [-0.1, -0.05) is 0 Å². The zero-order valence-electron chi connectivity index (χ0n) is 17.0. The number of imide groups is 1. The Morgan fingerprint density at radius 3 is 2.57 bits per heavy atom. The minimum Gasteiger partial charge on any atom is -0.376 e. The molecule has 0 saturated carbocycles. The number of hydrogen-bond donors (Lipinski definition) is 1. The molecule has 0 radical (unpaired) electrons. The molecule has 1 aromatic rings. The molecule has 1 spiro atoms. The van der Waals surface area contributed by atoms with Crippen LogP contribution in [-0.2, 0) is 4.74 Å². The number of halogens is 1. The highest BCUT2D eigenvalue weighted by atomic mass is 35.5. The highest BCUT2D eigenvalue weighted by Gasteiger charge is 2.40. The number of amides is 3. The largest absolute Gasteiger partial charge is 0.376 e. The second-order valence-electron chi connectivity index (χ2n) is 8.84. The van der Waals surface area contributed by atoms with Gasteiger partial charge in [0.1, 0.15) is 0 Å². The number of rotatable bonds is 3. The topological polar surface area (TPSA) is 79.0 Å². The molecule has 0 aromatic heterocycles. The van der Waals surface area contributed by atoms with Crippen molar-refractivity contribution in [3.05, 3.63) is 34.9 Å². The molecule has 4 aliphatic heterocycles. The maximum absolute atomic E-state index is 13.0. The van der Waals surface area contributed by atoms with Gasteiger partial charge in [-0.25, -0.2) is 0 Å². The molecule has 3 saturated heterocycles. The molecule has 1 atom stereocenters.